The van der Waals surface area contributed by atoms with Gasteiger partial charge in [0.05, 0.1) is 23.4 Å². The number of aromatic nitrogens is 2. The van der Waals surface area contributed by atoms with Gasteiger partial charge >= 0.3 is 0 Å². The highest BCUT2D eigenvalue weighted by Crippen LogP contribution is 2.13. The molecule has 0 radical (unpaired) electrons. The molecule has 0 aliphatic heterocycles. The second-order valence-corrected chi connectivity index (χ2v) is 6.07. The molecule has 2 heterocycles. The predicted molar refractivity (Wildman–Crippen MR) is 85.0 cm³/mol. The third kappa shape index (κ3) is 4.58. The van der Waals surface area contributed by atoms with Gasteiger partial charge in [0.25, 0.3) is 0 Å². The van der Waals surface area contributed by atoms with Crippen molar-refractivity contribution >= 4 is 17.2 Å². The third-order valence-electron chi connectivity index (χ3n) is 2.92. The van der Waals surface area contributed by atoms with Gasteiger partial charge in [-0.25, -0.2) is 9.97 Å². The lowest BCUT2D eigenvalue weighted by molar-refractivity contribution is 0.548. The fourth-order valence-corrected chi connectivity index (χ4v) is 2.46. The first-order valence-electron chi connectivity index (χ1n) is 6.90. The summed E-state index contributed by atoms with van der Waals surface area (Å²) >= 11 is 1.63. The molecular weight excluding hydrogens is 268 g/mol. The molecule has 2 aromatic rings. The van der Waals surface area contributed by atoms with Gasteiger partial charge in [-0.15, -0.1) is 11.3 Å². The summed E-state index contributed by atoms with van der Waals surface area (Å²) in [5.41, 5.74) is 4.03. The Hall–Kier alpha value is -1.46. The molecule has 20 heavy (non-hydrogen) atoms. The van der Waals surface area contributed by atoms with Crippen LogP contribution in [0.4, 0.5) is 5.82 Å². The van der Waals surface area contributed by atoms with E-state index in [-0.39, 0.29) is 0 Å². The first-order chi connectivity index (χ1) is 9.65. The summed E-state index contributed by atoms with van der Waals surface area (Å²) in [6.45, 7) is 7.04. The Kier molecular flexibility index (Phi) is 5.49. The molecule has 108 valence electrons. The normalized spacial score (nSPS) is 11.0. The summed E-state index contributed by atoms with van der Waals surface area (Å²) in [6, 6.07) is 6.16. The van der Waals surface area contributed by atoms with E-state index >= 15 is 0 Å². The van der Waals surface area contributed by atoms with Crippen molar-refractivity contribution in [3.05, 3.63) is 40.5 Å². The topological polar surface area (TPSA) is 41.0 Å². The lowest BCUT2D eigenvalue weighted by atomic mass is 10.2. The van der Waals surface area contributed by atoms with Crippen LogP contribution in [0.2, 0.25) is 0 Å². The van der Waals surface area contributed by atoms with Crippen LogP contribution in [-0.4, -0.2) is 23.6 Å². The van der Waals surface area contributed by atoms with Gasteiger partial charge in [-0.2, -0.15) is 0 Å². The molecule has 0 unspecified atom stereocenters. The van der Waals surface area contributed by atoms with E-state index in [2.05, 4.69) is 51.5 Å². The third-order valence-corrected chi connectivity index (χ3v) is 3.56. The average molecular weight is 290 g/mol. The van der Waals surface area contributed by atoms with Crippen molar-refractivity contribution in [1.82, 2.24) is 15.3 Å². The van der Waals surface area contributed by atoms with Crippen molar-refractivity contribution < 1.29 is 0 Å². The van der Waals surface area contributed by atoms with Crippen molar-refractivity contribution in [3.63, 3.8) is 0 Å². The number of nitrogens with zero attached hydrogens (tertiary/aromatic N) is 3. The zero-order valence-electron chi connectivity index (χ0n) is 12.3. The standard InChI is InChI=1S/C15H22N4S/c1-12(2)7-16-8-13-5-4-6-15(18-13)19(3)9-14-10-20-11-17-14/h4-6,10-12,16H,7-9H2,1-3H3. The summed E-state index contributed by atoms with van der Waals surface area (Å²) in [7, 11) is 2.05. The van der Waals surface area contributed by atoms with E-state index in [0.717, 1.165) is 36.8 Å². The van der Waals surface area contributed by atoms with Gasteiger partial charge in [-0.05, 0) is 24.6 Å². The number of nitrogens with one attached hydrogen (secondary N) is 1. The van der Waals surface area contributed by atoms with Crippen LogP contribution in [0.25, 0.3) is 0 Å². The van der Waals surface area contributed by atoms with Crippen LogP contribution in [0.15, 0.2) is 29.1 Å². The monoisotopic (exact) mass is 290 g/mol. The van der Waals surface area contributed by atoms with Gasteiger partial charge in [0.2, 0.25) is 0 Å². The van der Waals surface area contributed by atoms with Gasteiger partial charge in [0.15, 0.2) is 0 Å². The SMILES string of the molecule is CC(C)CNCc1cccc(N(C)Cc2cscn2)n1. The molecular formula is C15H22N4S. The molecule has 0 atom stereocenters. The van der Waals surface area contributed by atoms with E-state index in [1.54, 1.807) is 11.3 Å². The maximum Gasteiger partial charge on any atom is 0.128 e. The average Bonchev–Trinajstić information content (AvgIpc) is 2.91. The molecule has 0 saturated heterocycles. The largest absolute Gasteiger partial charge is 0.354 e. The molecule has 1 N–H and O–H groups in total. The zero-order chi connectivity index (χ0) is 14.4. The molecule has 0 saturated carbocycles. The van der Waals surface area contributed by atoms with Crippen LogP contribution in [0.3, 0.4) is 0 Å². The van der Waals surface area contributed by atoms with Gasteiger partial charge in [0.1, 0.15) is 5.82 Å². The quantitative estimate of drug-likeness (QED) is 0.851. The Morgan fingerprint density at radius 1 is 1.30 bits per heavy atom. The molecule has 2 rings (SSSR count). The Balaban J connectivity index is 1.94. The van der Waals surface area contributed by atoms with E-state index < -0.39 is 0 Å². The summed E-state index contributed by atoms with van der Waals surface area (Å²) in [4.78, 5) is 11.1. The summed E-state index contributed by atoms with van der Waals surface area (Å²) in [5, 5.41) is 5.50. The molecule has 0 fully saturated rings. The van der Waals surface area contributed by atoms with Gasteiger partial charge in [0, 0.05) is 19.0 Å². The molecule has 0 spiro atoms. The zero-order valence-corrected chi connectivity index (χ0v) is 13.2. The maximum atomic E-state index is 4.69. The Morgan fingerprint density at radius 3 is 2.85 bits per heavy atom. The van der Waals surface area contributed by atoms with E-state index in [4.69, 9.17) is 0 Å². The fourth-order valence-electron chi connectivity index (χ4n) is 1.91. The second kappa shape index (κ2) is 7.36. The molecule has 2 aromatic heterocycles. The first kappa shape index (κ1) is 14.9. The van der Waals surface area contributed by atoms with E-state index in [1.165, 1.54) is 0 Å². The van der Waals surface area contributed by atoms with Crippen LogP contribution < -0.4 is 10.2 Å². The van der Waals surface area contributed by atoms with Crippen LogP contribution in [-0.2, 0) is 13.1 Å². The molecule has 5 heteroatoms. The van der Waals surface area contributed by atoms with Crippen LogP contribution in [0.5, 0.6) is 0 Å². The van der Waals surface area contributed by atoms with E-state index in [9.17, 15) is 0 Å². The Bertz CT molecular complexity index is 510. The number of hydrogen-bond acceptors (Lipinski definition) is 5. The first-order valence-corrected chi connectivity index (χ1v) is 7.84. The van der Waals surface area contributed by atoms with Gasteiger partial charge < -0.3 is 10.2 Å². The van der Waals surface area contributed by atoms with Crippen LogP contribution in [0.1, 0.15) is 25.2 Å². The molecule has 4 nitrogen and oxygen atoms in total. The number of thiazole rings is 1. The summed E-state index contributed by atoms with van der Waals surface area (Å²) in [6.07, 6.45) is 0. The lowest BCUT2D eigenvalue weighted by Gasteiger charge is -2.17. The molecule has 0 amide bonds. The minimum Gasteiger partial charge on any atom is -0.354 e. The fraction of sp³-hybridized carbons (Fsp3) is 0.467. The minimum absolute atomic E-state index is 0.658. The predicted octanol–water partition coefficient (Wildman–Crippen LogP) is 2.92. The highest BCUT2D eigenvalue weighted by atomic mass is 32.1. The summed E-state index contributed by atoms with van der Waals surface area (Å²) < 4.78 is 0. The van der Waals surface area contributed by atoms with E-state index in [0.29, 0.717) is 5.92 Å². The number of hydrogen-bond donors (Lipinski definition) is 1. The van der Waals surface area contributed by atoms with Gasteiger partial charge in [-0.3, -0.25) is 0 Å². The smallest absolute Gasteiger partial charge is 0.128 e. The molecule has 0 aromatic carbocycles. The van der Waals surface area contributed by atoms with Crippen molar-refractivity contribution in [2.75, 3.05) is 18.5 Å². The Morgan fingerprint density at radius 2 is 2.15 bits per heavy atom. The second-order valence-electron chi connectivity index (χ2n) is 5.35. The number of pyridine rings is 1. The molecule has 0 bridgehead atoms. The van der Waals surface area contributed by atoms with Crippen LogP contribution in [0, 0.1) is 5.92 Å². The number of anilines is 1. The highest BCUT2D eigenvalue weighted by Gasteiger charge is 2.06. The number of rotatable bonds is 7. The van der Waals surface area contributed by atoms with Crippen molar-refractivity contribution in [2.45, 2.75) is 26.9 Å². The van der Waals surface area contributed by atoms with Crippen molar-refractivity contribution in [3.8, 4) is 0 Å². The molecule has 0 aliphatic carbocycles. The van der Waals surface area contributed by atoms with Crippen molar-refractivity contribution in [1.29, 1.82) is 0 Å². The van der Waals surface area contributed by atoms with E-state index in [1.807, 2.05) is 18.6 Å². The summed E-state index contributed by atoms with van der Waals surface area (Å²) in [5.74, 6) is 1.65. The Labute approximate surface area is 124 Å². The lowest BCUT2D eigenvalue weighted by Crippen LogP contribution is -2.21. The maximum absolute atomic E-state index is 4.69. The van der Waals surface area contributed by atoms with Crippen LogP contribution >= 0.6 is 11.3 Å². The highest BCUT2D eigenvalue weighted by molar-refractivity contribution is 7.07. The van der Waals surface area contributed by atoms with Gasteiger partial charge in [-0.1, -0.05) is 19.9 Å². The van der Waals surface area contributed by atoms with Crippen molar-refractivity contribution in [2.24, 2.45) is 5.92 Å². The molecule has 0 aliphatic rings. The minimum atomic E-state index is 0.658.